The monoisotopic (exact) mass is 207 g/mol. The molecule has 1 N–H and O–H groups in total. The summed E-state index contributed by atoms with van der Waals surface area (Å²) in [6.07, 6.45) is 0.848. The Morgan fingerprint density at radius 1 is 1.27 bits per heavy atom. The van der Waals surface area contributed by atoms with Crippen molar-refractivity contribution in [2.45, 2.75) is 32.9 Å². The standard InChI is InChI=1S/C13H21NO/c1-3-14(12(2)9-10-15)11-13-7-5-4-6-8-13/h4-8,12,15H,3,9-11H2,1-2H3. The molecule has 0 aliphatic carbocycles. The molecule has 1 aromatic rings. The Bertz CT molecular complexity index is 260. The van der Waals surface area contributed by atoms with Gasteiger partial charge in [0.05, 0.1) is 0 Å². The first-order valence-electron chi connectivity index (χ1n) is 5.66. The largest absolute Gasteiger partial charge is 0.396 e. The molecule has 0 spiro atoms. The molecule has 15 heavy (non-hydrogen) atoms. The molecule has 0 aromatic heterocycles. The summed E-state index contributed by atoms with van der Waals surface area (Å²) >= 11 is 0. The molecule has 0 heterocycles. The number of nitrogens with zero attached hydrogens (tertiary/aromatic N) is 1. The molecule has 2 heteroatoms. The van der Waals surface area contributed by atoms with Gasteiger partial charge < -0.3 is 5.11 Å². The highest BCUT2D eigenvalue weighted by atomic mass is 16.3. The molecule has 0 amide bonds. The van der Waals surface area contributed by atoms with Gasteiger partial charge in [0.25, 0.3) is 0 Å². The maximum absolute atomic E-state index is 8.92. The third kappa shape index (κ3) is 4.02. The minimum atomic E-state index is 0.270. The zero-order valence-electron chi connectivity index (χ0n) is 9.69. The predicted molar refractivity (Wildman–Crippen MR) is 63.7 cm³/mol. The Kier molecular flexibility index (Phi) is 5.37. The van der Waals surface area contributed by atoms with E-state index in [0.29, 0.717) is 6.04 Å². The summed E-state index contributed by atoms with van der Waals surface area (Å²) in [6.45, 7) is 6.60. The Labute approximate surface area is 92.5 Å². The number of hydrogen-bond acceptors (Lipinski definition) is 2. The highest BCUT2D eigenvalue weighted by molar-refractivity contribution is 5.14. The number of rotatable bonds is 6. The molecule has 0 fully saturated rings. The van der Waals surface area contributed by atoms with Crippen molar-refractivity contribution in [1.29, 1.82) is 0 Å². The molecular formula is C13H21NO. The van der Waals surface area contributed by atoms with E-state index < -0.39 is 0 Å². The van der Waals surface area contributed by atoms with E-state index in [4.69, 9.17) is 5.11 Å². The van der Waals surface area contributed by atoms with Gasteiger partial charge in [0.15, 0.2) is 0 Å². The van der Waals surface area contributed by atoms with Gasteiger partial charge in [-0.3, -0.25) is 4.90 Å². The van der Waals surface area contributed by atoms with Crippen LogP contribution in [0.4, 0.5) is 0 Å². The second-order valence-electron chi connectivity index (χ2n) is 3.91. The van der Waals surface area contributed by atoms with Gasteiger partial charge in [0, 0.05) is 19.2 Å². The fourth-order valence-corrected chi connectivity index (χ4v) is 1.77. The average Bonchev–Trinajstić information content (AvgIpc) is 2.27. The Morgan fingerprint density at radius 3 is 2.47 bits per heavy atom. The molecular weight excluding hydrogens is 186 g/mol. The summed E-state index contributed by atoms with van der Waals surface area (Å²) in [5, 5.41) is 8.92. The fourth-order valence-electron chi connectivity index (χ4n) is 1.77. The lowest BCUT2D eigenvalue weighted by atomic mass is 10.1. The zero-order valence-corrected chi connectivity index (χ0v) is 9.69. The maximum Gasteiger partial charge on any atom is 0.0445 e. The average molecular weight is 207 g/mol. The SMILES string of the molecule is CCN(Cc1ccccc1)C(C)CCO. The minimum absolute atomic E-state index is 0.270. The molecule has 0 aliphatic rings. The van der Waals surface area contributed by atoms with Gasteiger partial charge in [-0.1, -0.05) is 37.3 Å². The zero-order chi connectivity index (χ0) is 11.1. The molecule has 0 bridgehead atoms. The maximum atomic E-state index is 8.92. The van der Waals surface area contributed by atoms with Crippen LogP contribution in [0.3, 0.4) is 0 Å². The highest BCUT2D eigenvalue weighted by Gasteiger charge is 2.11. The lowest BCUT2D eigenvalue weighted by Crippen LogP contribution is -2.33. The summed E-state index contributed by atoms with van der Waals surface area (Å²) in [5.74, 6) is 0. The second-order valence-corrected chi connectivity index (χ2v) is 3.91. The molecule has 0 saturated carbocycles. The summed E-state index contributed by atoms with van der Waals surface area (Å²) in [6, 6.07) is 10.9. The lowest BCUT2D eigenvalue weighted by Gasteiger charge is -2.27. The predicted octanol–water partition coefficient (Wildman–Crippen LogP) is 2.28. The van der Waals surface area contributed by atoms with Gasteiger partial charge in [-0.2, -0.15) is 0 Å². The van der Waals surface area contributed by atoms with Crippen LogP contribution in [0.25, 0.3) is 0 Å². The Balaban J connectivity index is 2.53. The van der Waals surface area contributed by atoms with Gasteiger partial charge in [-0.25, -0.2) is 0 Å². The normalized spacial score (nSPS) is 13.1. The van der Waals surface area contributed by atoms with Gasteiger partial charge in [0.2, 0.25) is 0 Å². The summed E-state index contributed by atoms with van der Waals surface area (Å²) in [5.41, 5.74) is 1.34. The van der Waals surface area contributed by atoms with Gasteiger partial charge in [0.1, 0.15) is 0 Å². The summed E-state index contributed by atoms with van der Waals surface area (Å²) in [4.78, 5) is 2.38. The van der Waals surface area contributed by atoms with Crippen LogP contribution >= 0.6 is 0 Å². The third-order valence-corrected chi connectivity index (χ3v) is 2.80. The van der Waals surface area contributed by atoms with Crippen LogP contribution in [-0.2, 0) is 6.54 Å². The second kappa shape index (κ2) is 6.59. The van der Waals surface area contributed by atoms with E-state index in [2.05, 4.69) is 43.0 Å². The summed E-state index contributed by atoms with van der Waals surface area (Å²) in [7, 11) is 0. The van der Waals surface area contributed by atoms with E-state index in [0.717, 1.165) is 19.5 Å². The quantitative estimate of drug-likeness (QED) is 0.773. The molecule has 1 atom stereocenters. The number of hydrogen-bond donors (Lipinski definition) is 1. The lowest BCUT2D eigenvalue weighted by molar-refractivity contribution is 0.167. The van der Waals surface area contributed by atoms with E-state index in [1.54, 1.807) is 0 Å². The van der Waals surface area contributed by atoms with E-state index in [9.17, 15) is 0 Å². The molecule has 1 rings (SSSR count). The fraction of sp³-hybridized carbons (Fsp3) is 0.538. The minimum Gasteiger partial charge on any atom is -0.396 e. The molecule has 0 saturated heterocycles. The van der Waals surface area contributed by atoms with Crippen molar-refractivity contribution in [3.05, 3.63) is 35.9 Å². The number of benzene rings is 1. The topological polar surface area (TPSA) is 23.5 Å². The van der Waals surface area contributed by atoms with Gasteiger partial charge in [-0.05, 0) is 25.5 Å². The molecule has 1 unspecified atom stereocenters. The van der Waals surface area contributed by atoms with Crippen LogP contribution in [0.15, 0.2) is 30.3 Å². The van der Waals surface area contributed by atoms with Crippen molar-refractivity contribution in [1.82, 2.24) is 4.90 Å². The molecule has 84 valence electrons. The van der Waals surface area contributed by atoms with Crippen LogP contribution in [-0.4, -0.2) is 29.2 Å². The highest BCUT2D eigenvalue weighted by Crippen LogP contribution is 2.09. The van der Waals surface area contributed by atoms with Crippen molar-refractivity contribution < 1.29 is 5.11 Å². The number of aliphatic hydroxyl groups is 1. The van der Waals surface area contributed by atoms with Crippen LogP contribution in [0.2, 0.25) is 0 Å². The van der Waals surface area contributed by atoms with Crippen molar-refractivity contribution >= 4 is 0 Å². The van der Waals surface area contributed by atoms with Crippen molar-refractivity contribution in [2.75, 3.05) is 13.2 Å². The van der Waals surface area contributed by atoms with Crippen LogP contribution in [0.5, 0.6) is 0 Å². The summed E-state index contributed by atoms with van der Waals surface area (Å²) < 4.78 is 0. The number of aliphatic hydroxyl groups excluding tert-OH is 1. The Hall–Kier alpha value is -0.860. The first-order valence-corrected chi connectivity index (χ1v) is 5.66. The van der Waals surface area contributed by atoms with Crippen LogP contribution in [0.1, 0.15) is 25.8 Å². The van der Waals surface area contributed by atoms with Crippen LogP contribution < -0.4 is 0 Å². The van der Waals surface area contributed by atoms with Gasteiger partial charge in [-0.15, -0.1) is 0 Å². The van der Waals surface area contributed by atoms with E-state index >= 15 is 0 Å². The first kappa shape index (κ1) is 12.2. The Morgan fingerprint density at radius 2 is 1.93 bits per heavy atom. The molecule has 2 nitrogen and oxygen atoms in total. The van der Waals surface area contributed by atoms with E-state index in [1.807, 2.05) is 6.07 Å². The van der Waals surface area contributed by atoms with Crippen molar-refractivity contribution in [3.8, 4) is 0 Å². The van der Waals surface area contributed by atoms with Crippen molar-refractivity contribution in [3.63, 3.8) is 0 Å². The molecule has 0 aliphatic heterocycles. The van der Waals surface area contributed by atoms with E-state index in [-0.39, 0.29) is 6.61 Å². The van der Waals surface area contributed by atoms with Crippen LogP contribution in [0, 0.1) is 0 Å². The first-order chi connectivity index (χ1) is 7.27. The van der Waals surface area contributed by atoms with Crippen molar-refractivity contribution in [2.24, 2.45) is 0 Å². The van der Waals surface area contributed by atoms with Gasteiger partial charge >= 0.3 is 0 Å². The smallest absolute Gasteiger partial charge is 0.0445 e. The van der Waals surface area contributed by atoms with E-state index in [1.165, 1.54) is 5.56 Å². The molecule has 0 radical (unpaired) electrons. The third-order valence-electron chi connectivity index (χ3n) is 2.80. The molecule has 1 aromatic carbocycles.